The molecule has 0 aliphatic heterocycles. The highest BCUT2D eigenvalue weighted by atomic mass is 19.4. The lowest BCUT2D eigenvalue weighted by Crippen LogP contribution is -2.48. The van der Waals surface area contributed by atoms with Crippen molar-refractivity contribution in [2.24, 2.45) is 11.7 Å². The smallest absolute Gasteiger partial charge is 0.389 e. The second-order valence-corrected chi connectivity index (χ2v) is 8.10. The molecule has 0 bridgehead atoms. The quantitative estimate of drug-likeness (QED) is 0.750. The number of amides is 1. The fourth-order valence-electron chi connectivity index (χ4n) is 3.57. The van der Waals surface area contributed by atoms with E-state index in [1.54, 1.807) is 13.8 Å². The summed E-state index contributed by atoms with van der Waals surface area (Å²) in [6, 6.07) is 0.779. The van der Waals surface area contributed by atoms with Crippen molar-refractivity contribution in [2.75, 3.05) is 11.4 Å². The van der Waals surface area contributed by atoms with Crippen LogP contribution in [-0.2, 0) is 11.3 Å². The third kappa shape index (κ3) is 6.80. The zero-order chi connectivity index (χ0) is 20.2. The number of aliphatic hydroxyl groups is 1. The molecule has 0 unspecified atom stereocenters. The first-order valence-electron chi connectivity index (χ1n) is 9.36. The molecule has 1 fully saturated rings. The molecule has 27 heavy (non-hydrogen) atoms. The summed E-state index contributed by atoms with van der Waals surface area (Å²) in [7, 11) is 0. The lowest BCUT2D eigenvalue weighted by atomic mass is 9.85. The summed E-state index contributed by atoms with van der Waals surface area (Å²) in [5.41, 5.74) is 5.01. The van der Waals surface area contributed by atoms with E-state index in [1.165, 1.54) is 23.4 Å². The van der Waals surface area contributed by atoms with Crippen molar-refractivity contribution >= 4 is 11.7 Å². The van der Waals surface area contributed by atoms with Gasteiger partial charge in [0.1, 0.15) is 0 Å². The Bertz CT molecular complexity index is 619. The third-order valence-electron chi connectivity index (χ3n) is 4.72. The Hall–Kier alpha value is -1.61. The van der Waals surface area contributed by atoms with Gasteiger partial charge in [-0.3, -0.25) is 14.4 Å². The number of alkyl halides is 3. The van der Waals surface area contributed by atoms with E-state index in [-0.39, 0.29) is 18.9 Å². The van der Waals surface area contributed by atoms with Crippen molar-refractivity contribution in [3.05, 3.63) is 12.3 Å². The highest BCUT2D eigenvalue weighted by molar-refractivity contribution is 5.96. The lowest BCUT2D eigenvalue weighted by Gasteiger charge is -2.28. The molecule has 1 aromatic rings. The maximum Gasteiger partial charge on any atom is 0.471 e. The molecule has 6 nitrogen and oxygen atoms in total. The van der Waals surface area contributed by atoms with E-state index in [0.717, 1.165) is 25.7 Å². The molecule has 1 aliphatic rings. The first kappa shape index (κ1) is 21.7. The van der Waals surface area contributed by atoms with E-state index >= 15 is 0 Å². The van der Waals surface area contributed by atoms with Gasteiger partial charge in [0.05, 0.1) is 12.1 Å². The molecule has 1 heterocycles. The van der Waals surface area contributed by atoms with Crippen LogP contribution in [0.25, 0.3) is 0 Å². The van der Waals surface area contributed by atoms with Crippen molar-refractivity contribution in [1.82, 2.24) is 9.78 Å². The molecule has 0 radical (unpaired) electrons. The van der Waals surface area contributed by atoms with Gasteiger partial charge in [0.15, 0.2) is 5.82 Å². The van der Waals surface area contributed by atoms with Crippen molar-refractivity contribution in [1.29, 1.82) is 0 Å². The molecule has 1 atom stereocenters. The molecule has 2 rings (SSSR count). The van der Waals surface area contributed by atoms with Gasteiger partial charge in [0.2, 0.25) is 0 Å². The predicted molar refractivity (Wildman–Crippen MR) is 96.1 cm³/mol. The van der Waals surface area contributed by atoms with E-state index < -0.39 is 23.7 Å². The molecule has 154 valence electrons. The minimum absolute atomic E-state index is 0.0924. The third-order valence-corrected chi connectivity index (χ3v) is 4.72. The Balaban J connectivity index is 2.12. The molecule has 1 aromatic heterocycles. The average molecular weight is 390 g/mol. The summed E-state index contributed by atoms with van der Waals surface area (Å²) in [5, 5.41) is 13.9. The molecule has 0 saturated heterocycles. The van der Waals surface area contributed by atoms with Crippen molar-refractivity contribution in [3.8, 4) is 0 Å². The minimum Gasteiger partial charge on any atom is -0.389 e. The Labute approximate surface area is 157 Å². The molecule has 0 spiro atoms. The van der Waals surface area contributed by atoms with Gasteiger partial charge in [-0.05, 0) is 26.2 Å². The number of carbonyl (C=O) groups is 1. The van der Waals surface area contributed by atoms with Crippen LogP contribution in [0.1, 0.15) is 52.4 Å². The van der Waals surface area contributed by atoms with Gasteiger partial charge in [-0.2, -0.15) is 18.3 Å². The topological polar surface area (TPSA) is 84.4 Å². The van der Waals surface area contributed by atoms with Gasteiger partial charge >= 0.3 is 12.1 Å². The normalized spacial score (nSPS) is 17.7. The largest absolute Gasteiger partial charge is 0.471 e. The number of halogens is 3. The summed E-state index contributed by atoms with van der Waals surface area (Å²) in [4.78, 5) is 12.5. The number of hydrogen-bond donors (Lipinski definition) is 2. The van der Waals surface area contributed by atoms with Crippen LogP contribution in [0.2, 0.25) is 0 Å². The summed E-state index contributed by atoms with van der Waals surface area (Å²) >= 11 is 0. The highest BCUT2D eigenvalue weighted by Crippen LogP contribution is 2.28. The van der Waals surface area contributed by atoms with E-state index in [9.17, 15) is 23.1 Å². The van der Waals surface area contributed by atoms with Crippen LogP contribution in [0.4, 0.5) is 19.0 Å². The van der Waals surface area contributed by atoms with E-state index in [4.69, 9.17) is 5.73 Å². The number of aromatic nitrogens is 2. The number of rotatable bonds is 7. The van der Waals surface area contributed by atoms with Crippen LogP contribution in [0.3, 0.4) is 0 Å². The Morgan fingerprint density at radius 2 is 2.00 bits per heavy atom. The first-order chi connectivity index (χ1) is 12.5. The Morgan fingerprint density at radius 3 is 2.56 bits per heavy atom. The fourth-order valence-corrected chi connectivity index (χ4v) is 3.57. The zero-order valence-corrected chi connectivity index (χ0v) is 15.9. The molecule has 0 aromatic carbocycles. The van der Waals surface area contributed by atoms with Gasteiger partial charge in [-0.1, -0.05) is 32.1 Å². The van der Waals surface area contributed by atoms with Crippen LogP contribution in [0, 0.1) is 5.92 Å². The number of nitrogens with two attached hydrogens (primary N) is 1. The number of hydrogen-bond acceptors (Lipinski definition) is 4. The molecule has 1 saturated carbocycles. The molecule has 1 amide bonds. The van der Waals surface area contributed by atoms with E-state index in [0.29, 0.717) is 17.2 Å². The number of anilines is 1. The standard InChI is InChI=1S/C18H29F3N4O2/c1-17(2,27)12-24-9-8-15(23-24)25(16(26)18(19,20)21)11-14(22)10-13-6-4-3-5-7-13/h8-9,13-14,27H,3-7,10-12,22H2,1-2H3/t14-/m0/s1. The average Bonchev–Trinajstić information content (AvgIpc) is 2.98. The first-order valence-corrected chi connectivity index (χ1v) is 9.36. The second kappa shape index (κ2) is 8.60. The van der Waals surface area contributed by atoms with Crippen molar-refractivity contribution in [2.45, 2.75) is 76.7 Å². The predicted octanol–water partition coefficient (Wildman–Crippen LogP) is 2.85. The van der Waals surface area contributed by atoms with Crippen molar-refractivity contribution in [3.63, 3.8) is 0 Å². The number of nitrogens with zero attached hydrogens (tertiary/aromatic N) is 3. The molecular formula is C18H29F3N4O2. The SMILES string of the molecule is CC(C)(O)Cn1ccc(N(C[C@@H](N)CC2CCCCC2)C(=O)C(F)(F)F)n1. The molecule has 9 heteroatoms. The Kier molecular flexibility index (Phi) is 6.91. The zero-order valence-electron chi connectivity index (χ0n) is 15.9. The monoisotopic (exact) mass is 390 g/mol. The maximum absolute atomic E-state index is 13.1. The fraction of sp³-hybridized carbons (Fsp3) is 0.778. The lowest BCUT2D eigenvalue weighted by molar-refractivity contribution is -0.170. The summed E-state index contributed by atoms with van der Waals surface area (Å²) in [5.74, 6) is -1.69. The van der Waals surface area contributed by atoms with Crippen LogP contribution in [0.5, 0.6) is 0 Å². The maximum atomic E-state index is 13.1. The van der Waals surface area contributed by atoms with E-state index in [2.05, 4.69) is 5.10 Å². The van der Waals surface area contributed by atoms with Crippen molar-refractivity contribution < 1.29 is 23.1 Å². The van der Waals surface area contributed by atoms with E-state index in [1.807, 2.05) is 0 Å². The summed E-state index contributed by atoms with van der Waals surface area (Å²) in [6.45, 7) is 2.98. The number of carbonyl (C=O) groups excluding carboxylic acids is 1. The van der Waals surface area contributed by atoms with Crippen LogP contribution < -0.4 is 10.6 Å². The molecular weight excluding hydrogens is 361 g/mol. The van der Waals surface area contributed by atoms with Gasteiger partial charge in [0, 0.05) is 24.8 Å². The van der Waals surface area contributed by atoms with Crippen LogP contribution >= 0.6 is 0 Å². The Morgan fingerprint density at radius 1 is 1.37 bits per heavy atom. The van der Waals surface area contributed by atoms with Gasteiger partial charge in [0.25, 0.3) is 0 Å². The summed E-state index contributed by atoms with van der Waals surface area (Å²) < 4.78 is 40.5. The van der Waals surface area contributed by atoms with Crippen LogP contribution in [0.15, 0.2) is 12.3 Å². The minimum atomic E-state index is -5.01. The van der Waals surface area contributed by atoms with Gasteiger partial charge in [-0.25, -0.2) is 0 Å². The van der Waals surface area contributed by atoms with Crippen LogP contribution in [-0.4, -0.2) is 45.2 Å². The summed E-state index contributed by atoms with van der Waals surface area (Å²) in [6.07, 6.45) is 2.49. The second-order valence-electron chi connectivity index (χ2n) is 8.10. The highest BCUT2D eigenvalue weighted by Gasteiger charge is 2.44. The molecule has 3 N–H and O–H groups in total. The molecule has 1 aliphatic carbocycles. The van der Waals surface area contributed by atoms with Gasteiger partial charge < -0.3 is 10.8 Å². The van der Waals surface area contributed by atoms with Gasteiger partial charge in [-0.15, -0.1) is 0 Å².